The normalized spacial score (nSPS) is 11.4. The van der Waals surface area contributed by atoms with Gasteiger partial charge in [0.1, 0.15) is 5.84 Å². The number of benzene rings is 2. The summed E-state index contributed by atoms with van der Waals surface area (Å²) in [6.07, 6.45) is 0. The summed E-state index contributed by atoms with van der Waals surface area (Å²) in [6.45, 7) is -0.307. The van der Waals surface area contributed by atoms with E-state index in [0.29, 0.717) is 22.4 Å². The van der Waals surface area contributed by atoms with Gasteiger partial charge in [-0.2, -0.15) is 0 Å². The van der Waals surface area contributed by atoms with E-state index in [4.69, 9.17) is 20.6 Å². The molecule has 27 heavy (non-hydrogen) atoms. The van der Waals surface area contributed by atoms with Crippen molar-refractivity contribution in [1.82, 2.24) is 0 Å². The van der Waals surface area contributed by atoms with Crippen LogP contribution >= 0.6 is 0 Å². The number of hydrogen-bond acceptors (Lipinski definition) is 7. The van der Waals surface area contributed by atoms with Crippen LogP contribution in [-0.2, 0) is 20.9 Å². The van der Waals surface area contributed by atoms with Gasteiger partial charge in [0.25, 0.3) is 0 Å². The summed E-state index contributed by atoms with van der Waals surface area (Å²) in [5.74, 6) is -1.22. The Labute approximate surface area is 156 Å². The van der Waals surface area contributed by atoms with Gasteiger partial charge >= 0.3 is 11.9 Å². The fourth-order valence-electron chi connectivity index (χ4n) is 2.52. The standard InChI is InChI=1S/C19H21N3O5/c1-26-18(24)14-8-11(10-23)7-13(9-14)16(19(25)27-2)22-15-5-3-12(4-6-15)17(20)21/h3-9,16,22-23H,10H2,1-2H3,(H3,20,21). The molecular formula is C19H21N3O5. The molecule has 2 aromatic rings. The third-order valence-corrected chi connectivity index (χ3v) is 3.90. The number of esters is 2. The highest BCUT2D eigenvalue weighted by Crippen LogP contribution is 2.24. The second kappa shape index (κ2) is 8.81. The van der Waals surface area contributed by atoms with Crippen LogP contribution in [0.3, 0.4) is 0 Å². The lowest BCUT2D eigenvalue weighted by molar-refractivity contribution is -0.141. The number of carbonyl (C=O) groups excluding carboxylic acids is 2. The Balaban J connectivity index is 2.42. The number of carbonyl (C=O) groups is 2. The van der Waals surface area contributed by atoms with Gasteiger partial charge in [0, 0.05) is 11.3 Å². The number of nitrogens with two attached hydrogens (primary N) is 1. The molecule has 0 heterocycles. The Kier molecular flexibility index (Phi) is 6.51. The number of anilines is 1. The van der Waals surface area contributed by atoms with Gasteiger partial charge in [0.15, 0.2) is 6.04 Å². The Morgan fingerprint density at radius 1 is 1.11 bits per heavy atom. The number of methoxy groups -OCH3 is 2. The van der Waals surface area contributed by atoms with Crippen molar-refractivity contribution in [2.75, 3.05) is 19.5 Å². The third kappa shape index (κ3) is 4.83. The average Bonchev–Trinajstić information content (AvgIpc) is 2.70. The second-order valence-electron chi connectivity index (χ2n) is 5.70. The van der Waals surface area contributed by atoms with Gasteiger partial charge in [-0.1, -0.05) is 6.07 Å². The first-order chi connectivity index (χ1) is 12.9. The molecule has 1 unspecified atom stereocenters. The minimum absolute atomic E-state index is 0.0653. The van der Waals surface area contributed by atoms with Gasteiger partial charge < -0.3 is 25.6 Å². The Bertz CT molecular complexity index is 849. The van der Waals surface area contributed by atoms with Crippen molar-refractivity contribution >= 4 is 23.5 Å². The number of rotatable bonds is 7. The van der Waals surface area contributed by atoms with Gasteiger partial charge in [-0.3, -0.25) is 5.41 Å². The maximum atomic E-state index is 12.3. The molecule has 0 aliphatic rings. The average molecular weight is 371 g/mol. The Morgan fingerprint density at radius 2 is 1.78 bits per heavy atom. The smallest absolute Gasteiger partial charge is 0.337 e. The van der Waals surface area contributed by atoms with E-state index in [2.05, 4.69) is 5.32 Å². The van der Waals surface area contributed by atoms with Gasteiger partial charge in [-0.15, -0.1) is 0 Å². The molecule has 0 aliphatic carbocycles. The molecule has 2 aromatic carbocycles. The number of ether oxygens (including phenoxy) is 2. The lowest BCUT2D eigenvalue weighted by Gasteiger charge is -2.19. The minimum Gasteiger partial charge on any atom is -0.467 e. The molecule has 0 radical (unpaired) electrons. The van der Waals surface area contributed by atoms with E-state index in [1.165, 1.54) is 26.4 Å². The molecule has 8 nitrogen and oxygen atoms in total. The number of nitrogens with one attached hydrogen (secondary N) is 2. The summed E-state index contributed by atoms with van der Waals surface area (Å²) in [7, 11) is 2.51. The Morgan fingerprint density at radius 3 is 2.30 bits per heavy atom. The van der Waals surface area contributed by atoms with E-state index in [1.807, 2.05) is 0 Å². The van der Waals surface area contributed by atoms with E-state index >= 15 is 0 Å². The van der Waals surface area contributed by atoms with E-state index in [9.17, 15) is 14.7 Å². The molecule has 0 saturated heterocycles. The maximum Gasteiger partial charge on any atom is 0.337 e. The predicted molar refractivity (Wildman–Crippen MR) is 99.5 cm³/mol. The van der Waals surface area contributed by atoms with Crippen LogP contribution in [0.25, 0.3) is 0 Å². The van der Waals surface area contributed by atoms with Crippen LogP contribution in [0.1, 0.15) is 33.1 Å². The van der Waals surface area contributed by atoms with Gasteiger partial charge in [0.2, 0.25) is 0 Å². The van der Waals surface area contributed by atoms with Crippen molar-refractivity contribution in [3.63, 3.8) is 0 Å². The zero-order chi connectivity index (χ0) is 20.0. The molecule has 142 valence electrons. The third-order valence-electron chi connectivity index (χ3n) is 3.90. The quantitative estimate of drug-likeness (QED) is 0.330. The van der Waals surface area contributed by atoms with E-state index < -0.39 is 18.0 Å². The summed E-state index contributed by atoms with van der Waals surface area (Å²) < 4.78 is 9.59. The number of aliphatic hydroxyl groups is 1. The zero-order valence-electron chi connectivity index (χ0n) is 15.0. The molecule has 0 spiro atoms. The maximum absolute atomic E-state index is 12.3. The second-order valence-corrected chi connectivity index (χ2v) is 5.70. The van der Waals surface area contributed by atoms with Crippen molar-refractivity contribution in [3.8, 4) is 0 Å². The van der Waals surface area contributed by atoms with Gasteiger partial charge in [0.05, 0.1) is 26.4 Å². The summed E-state index contributed by atoms with van der Waals surface area (Å²) in [4.78, 5) is 24.2. The highest BCUT2D eigenvalue weighted by Gasteiger charge is 2.23. The molecule has 0 aromatic heterocycles. The fraction of sp³-hybridized carbons (Fsp3) is 0.211. The molecule has 0 aliphatic heterocycles. The first kappa shape index (κ1) is 19.9. The largest absolute Gasteiger partial charge is 0.467 e. The number of nitrogen functional groups attached to an aromatic ring is 1. The Hall–Kier alpha value is -3.39. The van der Waals surface area contributed by atoms with Crippen LogP contribution < -0.4 is 11.1 Å². The molecule has 1 atom stereocenters. The molecule has 0 saturated carbocycles. The molecule has 0 bridgehead atoms. The fourth-order valence-corrected chi connectivity index (χ4v) is 2.52. The minimum atomic E-state index is -0.923. The van der Waals surface area contributed by atoms with E-state index in [1.54, 1.807) is 30.3 Å². The van der Waals surface area contributed by atoms with Crippen molar-refractivity contribution < 1.29 is 24.2 Å². The van der Waals surface area contributed by atoms with Crippen LogP contribution in [0.2, 0.25) is 0 Å². The van der Waals surface area contributed by atoms with Crippen molar-refractivity contribution in [1.29, 1.82) is 5.41 Å². The van der Waals surface area contributed by atoms with Crippen molar-refractivity contribution in [3.05, 3.63) is 64.7 Å². The van der Waals surface area contributed by atoms with E-state index in [0.717, 1.165) is 0 Å². The summed E-state index contributed by atoms with van der Waals surface area (Å²) in [5.41, 5.74) is 7.67. The molecular weight excluding hydrogens is 350 g/mol. The first-order valence-electron chi connectivity index (χ1n) is 8.01. The zero-order valence-corrected chi connectivity index (χ0v) is 15.0. The van der Waals surface area contributed by atoms with E-state index in [-0.39, 0.29) is 18.0 Å². The molecule has 2 rings (SSSR count). The van der Waals surface area contributed by atoms with Crippen LogP contribution in [-0.4, -0.2) is 37.1 Å². The number of hydrogen-bond donors (Lipinski definition) is 4. The molecule has 5 N–H and O–H groups in total. The van der Waals surface area contributed by atoms with Gasteiger partial charge in [-0.25, -0.2) is 9.59 Å². The van der Waals surface area contributed by atoms with Gasteiger partial charge in [-0.05, 0) is 47.5 Å². The number of aliphatic hydroxyl groups excluding tert-OH is 1. The summed E-state index contributed by atoms with van der Waals surface area (Å²) >= 11 is 0. The highest BCUT2D eigenvalue weighted by atomic mass is 16.5. The lowest BCUT2D eigenvalue weighted by atomic mass is 10.00. The molecule has 0 fully saturated rings. The van der Waals surface area contributed by atoms with Crippen LogP contribution in [0.5, 0.6) is 0 Å². The van der Waals surface area contributed by atoms with Crippen LogP contribution in [0.4, 0.5) is 5.69 Å². The molecule has 0 amide bonds. The van der Waals surface area contributed by atoms with Crippen molar-refractivity contribution in [2.45, 2.75) is 12.6 Å². The lowest BCUT2D eigenvalue weighted by Crippen LogP contribution is -2.23. The van der Waals surface area contributed by atoms with Crippen LogP contribution in [0, 0.1) is 5.41 Å². The SMILES string of the molecule is COC(=O)c1cc(CO)cc(C(Nc2ccc(C(=N)N)cc2)C(=O)OC)c1. The predicted octanol–water partition coefficient (Wildman–Crippen LogP) is 1.58. The molecule has 8 heteroatoms. The van der Waals surface area contributed by atoms with Crippen LogP contribution in [0.15, 0.2) is 42.5 Å². The topological polar surface area (TPSA) is 135 Å². The highest BCUT2D eigenvalue weighted by molar-refractivity contribution is 5.95. The summed E-state index contributed by atoms with van der Waals surface area (Å²) in [5, 5.41) is 19.9. The monoisotopic (exact) mass is 371 g/mol. The van der Waals surface area contributed by atoms with Crippen molar-refractivity contribution in [2.24, 2.45) is 5.73 Å². The summed E-state index contributed by atoms with van der Waals surface area (Å²) in [6, 6.07) is 10.3. The number of amidine groups is 1. The first-order valence-corrected chi connectivity index (χ1v) is 8.01.